The molecule has 0 spiro atoms. The zero-order valence-electron chi connectivity index (χ0n) is 13.4. The zero-order valence-corrected chi connectivity index (χ0v) is 13.4. The summed E-state index contributed by atoms with van der Waals surface area (Å²) >= 11 is 0. The average Bonchev–Trinajstić information content (AvgIpc) is 2.95. The molecule has 1 atom stereocenters. The Bertz CT molecular complexity index is 903. The van der Waals surface area contributed by atoms with Crippen molar-refractivity contribution in [3.8, 4) is 0 Å². The van der Waals surface area contributed by atoms with Gasteiger partial charge >= 0.3 is 0 Å². The molecule has 0 aromatic heterocycles. The van der Waals surface area contributed by atoms with E-state index in [2.05, 4.69) is 6.07 Å². The van der Waals surface area contributed by atoms with E-state index in [1.54, 1.807) is 0 Å². The van der Waals surface area contributed by atoms with Crippen molar-refractivity contribution >= 4 is 16.7 Å². The number of benzene rings is 3. The molecule has 1 unspecified atom stereocenters. The smallest absolute Gasteiger partial charge is 0.254 e. The lowest BCUT2D eigenvalue weighted by molar-refractivity contribution is 0.0739. The van der Waals surface area contributed by atoms with Gasteiger partial charge in [0.1, 0.15) is 0 Å². The highest BCUT2D eigenvalue weighted by atomic mass is 16.3. The van der Waals surface area contributed by atoms with Gasteiger partial charge in [-0.05, 0) is 40.5 Å². The van der Waals surface area contributed by atoms with Gasteiger partial charge in [0.15, 0.2) is 0 Å². The molecule has 1 aliphatic heterocycles. The lowest BCUT2D eigenvalue weighted by Crippen LogP contribution is -2.26. The number of aliphatic hydroxyl groups is 1. The third-order valence-electron chi connectivity index (χ3n) is 4.73. The van der Waals surface area contributed by atoms with Crippen LogP contribution in [0.15, 0.2) is 66.7 Å². The largest absolute Gasteiger partial charge is 0.388 e. The van der Waals surface area contributed by atoms with Gasteiger partial charge in [-0.1, -0.05) is 54.6 Å². The van der Waals surface area contributed by atoms with Crippen LogP contribution in [0.2, 0.25) is 0 Å². The molecule has 3 heteroatoms. The highest BCUT2D eigenvalue weighted by Crippen LogP contribution is 2.26. The quantitative estimate of drug-likeness (QED) is 0.792. The second kappa shape index (κ2) is 6.10. The molecule has 0 radical (unpaired) electrons. The number of nitrogens with zero attached hydrogens (tertiary/aromatic N) is 1. The van der Waals surface area contributed by atoms with Crippen LogP contribution in [0.1, 0.15) is 34.0 Å². The second-order valence-corrected chi connectivity index (χ2v) is 6.29. The molecule has 4 rings (SSSR count). The van der Waals surface area contributed by atoms with E-state index in [0.29, 0.717) is 19.5 Å². The van der Waals surface area contributed by atoms with Crippen LogP contribution in [-0.2, 0) is 6.54 Å². The van der Waals surface area contributed by atoms with Crippen LogP contribution in [0.25, 0.3) is 10.8 Å². The summed E-state index contributed by atoms with van der Waals surface area (Å²) in [5, 5.41) is 12.8. The molecule has 0 fully saturated rings. The number of amides is 1. The summed E-state index contributed by atoms with van der Waals surface area (Å²) < 4.78 is 0. The summed E-state index contributed by atoms with van der Waals surface area (Å²) in [6, 6.07) is 21.9. The molecule has 0 saturated heterocycles. The van der Waals surface area contributed by atoms with Gasteiger partial charge < -0.3 is 10.0 Å². The molecule has 1 aliphatic rings. The van der Waals surface area contributed by atoms with E-state index in [9.17, 15) is 9.90 Å². The van der Waals surface area contributed by atoms with Gasteiger partial charge in [-0.3, -0.25) is 4.79 Å². The Balaban J connectivity index is 1.45. The molecule has 120 valence electrons. The first-order valence-corrected chi connectivity index (χ1v) is 8.26. The molecule has 0 bridgehead atoms. The van der Waals surface area contributed by atoms with Crippen LogP contribution in [0.4, 0.5) is 0 Å². The average molecular weight is 317 g/mol. The molecular weight excluding hydrogens is 298 g/mol. The summed E-state index contributed by atoms with van der Waals surface area (Å²) in [6.07, 6.45) is -0.0240. The molecule has 0 aliphatic carbocycles. The van der Waals surface area contributed by atoms with Gasteiger partial charge in [0.05, 0.1) is 6.10 Å². The fraction of sp³-hybridized carbons (Fsp3) is 0.190. The highest BCUT2D eigenvalue weighted by Gasteiger charge is 2.26. The van der Waals surface area contributed by atoms with E-state index < -0.39 is 6.10 Å². The third kappa shape index (κ3) is 2.68. The van der Waals surface area contributed by atoms with Crippen LogP contribution in [0, 0.1) is 0 Å². The Morgan fingerprint density at radius 3 is 2.54 bits per heavy atom. The Morgan fingerprint density at radius 1 is 0.958 bits per heavy atom. The number of hydrogen-bond acceptors (Lipinski definition) is 2. The van der Waals surface area contributed by atoms with Crippen LogP contribution in [-0.4, -0.2) is 22.5 Å². The van der Waals surface area contributed by atoms with E-state index in [-0.39, 0.29) is 5.91 Å². The molecule has 1 N–H and O–H groups in total. The number of fused-ring (bicyclic) bond motifs is 2. The van der Waals surface area contributed by atoms with Crippen molar-refractivity contribution in [2.45, 2.75) is 19.1 Å². The molecule has 0 saturated carbocycles. The zero-order chi connectivity index (χ0) is 16.5. The number of carbonyl (C=O) groups is 1. The Kier molecular flexibility index (Phi) is 3.79. The van der Waals surface area contributed by atoms with Crippen molar-refractivity contribution < 1.29 is 9.90 Å². The van der Waals surface area contributed by atoms with Gasteiger partial charge in [0, 0.05) is 18.7 Å². The first-order valence-electron chi connectivity index (χ1n) is 8.26. The predicted molar refractivity (Wildman–Crippen MR) is 94.7 cm³/mol. The van der Waals surface area contributed by atoms with E-state index in [4.69, 9.17) is 0 Å². The molecule has 3 aromatic carbocycles. The van der Waals surface area contributed by atoms with Crippen LogP contribution < -0.4 is 0 Å². The number of rotatable bonds is 4. The summed E-state index contributed by atoms with van der Waals surface area (Å²) in [5.41, 5.74) is 2.76. The molecule has 1 heterocycles. The Labute approximate surface area is 141 Å². The van der Waals surface area contributed by atoms with Crippen molar-refractivity contribution in [3.05, 3.63) is 83.4 Å². The summed E-state index contributed by atoms with van der Waals surface area (Å²) in [7, 11) is 0. The van der Waals surface area contributed by atoms with Crippen LogP contribution in [0.3, 0.4) is 0 Å². The van der Waals surface area contributed by atoms with Gasteiger partial charge in [0.2, 0.25) is 0 Å². The topological polar surface area (TPSA) is 40.5 Å². The number of carbonyl (C=O) groups excluding carboxylic acids is 1. The van der Waals surface area contributed by atoms with Crippen molar-refractivity contribution in [2.75, 3.05) is 6.54 Å². The lowest BCUT2D eigenvalue weighted by atomic mass is 10.0. The standard InChI is InChI=1S/C21H19NO2/c23-20(17-10-9-15-5-1-2-6-16(15)13-17)11-12-22-14-18-7-3-4-8-19(18)21(22)24/h1-10,13,20,23H,11-12,14H2. The molecular formula is C21H19NO2. The molecule has 1 amide bonds. The maximum atomic E-state index is 12.4. The van der Waals surface area contributed by atoms with Crippen LogP contribution >= 0.6 is 0 Å². The SMILES string of the molecule is O=C1c2ccccc2CN1CCC(O)c1ccc2ccccc2c1. The van der Waals surface area contributed by atoms with Gasteiger partial charge in [-0.2, -0.15) is 0 Å². The minimum absolute atomic E-state index is 0.0660. The minimum Gasteiger partial charge on any atom is -0.388 e. The van der Waals surface area contributed by atoms with Gasteiger partial charge in [-0.15, -0.1) is 0 Å². The molecule has 24 heavy (non-hydrogen) atoms. The van der Waals surface area contributed by atoms with E-state index in [1.165, 1.54) is 5.39 Å². The third-order valence-corrected chi connectivity index (χ3v) is 4.73. The van der Waals surface area contributed by atoms with E-state index in [0.717, 1.165) is 22.1 Å². The number of hydrogen-bond donors (Lipinski definition) is 1. The maximum Gasteiger partial charge on any atom is 0.254 e. The van der Waals surface area contributed by atoms with E-state index in [1.807, 2.05) is 65.6 Å². The maximum absolute atomic E-state index is 12.4. The van der Waals surface area contributed by atoms with Crippen molar-refractivity contribution in [3.63, 3.8) is 0 Å². The summed E-state index contributed by atoms with van der Waals surface area (Å²) in [5.74, 6) is 0.0660. The van der Waals surface area contributed by atoms with E-state index >= 15 is 0 Å². The van der Waals surface area contributed by atoms with Gasteiger partial charge in [-0.25, -0.2) is 0 Å². The number of aliphatic hydroxyl groups excluding tert-OH is 1. The highest BCUT2D eigenvalue weighted by molar-refractivity contribution is 5.98. The van der Waals surface area contributed by atoms with Crippen LogP contribution in [0.5, 0.6) is 0 Å². The fourth-order valence-corrected chi connectivity index (χ4v) is 3.36. The Morgan fingerprint density at radius 2 is 1.71 bits per heavy atom. The minimum atomic E-state index is -0.564. The lowest BCUT2D eigenvalue weighted by Gasteiger charge is -2.18. The van der Waals surface area contributed by atoms with Crippen molar-refractivity contribution in [2.24, 2.45) is 0 Å². The molecule has 3 nitrogen and oxygen atoms in total. The van der Waals surface area contributed by atoms with Gasteiger partial charge in [0.25, 0.3) is 5.91 Å². The molecule has 3 aromatic rings. The first-order chi connectivity index (χ1) is 11.7. The second-order valence-electron chi connectivity index (χ2n) is 6.29. The monoisotopic (exact) mass is 317 g/mol. The first kappa shape index (κ1) is 14.9. The normalized spacial score (nSPS) is 14.9. The predicted octanol–water partition coefficient (Wildman–Crippen LogP) is 3.92. The summed E-state index contributed by atoms with van der Waals surface area (Å²) in [6.45, 7) is 1.20. The van der Waals surface area contributed by atoms with Crippen molar-refractivity contribution in [1.29, 1.82) is 0 Å². The fourth-order valence-electron chi connectivity index (χ4n) is 3.36. The summed E-state index contributed by atoms with van der Waals surface area (Å²) in [4.78, 5) is 14.2. The van der Waals surface area contributed by atoms with Crippen molar-refractivity contribution in [1.82, 2.24) is 4.90 Å². The Hall–Kier alpha value is -2.65.